The Labute approximate surface area is 128 Å². The molecule has 6 nitrogen and oxygen atoms in total. The molecule has 3 heterocycles. The van der Waals surface area contributed by atoms with E-state index in [4.69, 9.17) is 21.1 Å². The van der Waals surface area contributed by atoms with Crippen molar-refractivity contribution in [3.63, 3.8) is 0 Å². The summed E-state index contributed by atoms with van der Waals surface area (Å²) >= 11 is 5.98. The van der Waals surface area contributed by atoms with Gasteiger partial charge in [-0.1, -0.05) is 17.7 Å². The minimum Gasteiger partial charge on any atom is -0.475 e. The van der Waals surface area contributed by atoms with Gasteiger partial charge in [-0.05, 0) is 6.92 Å². The lowest BCUT2D eigenvalue weighted by molar-refractivity contribution is 0.0829. The highest BCUT2D eigenvalue weighted by atomic mass is 35.5. The van der Waals surface area contributed by atoms with Gasteiger partial charge in [-0.2, -0.15) is 0 Å². The van der Waals surface area contributed by atoms with Gasteiger partial charge in [-0.25, -0.2) is 0 Å². The molecule has 3 rings (SSSR count). The van der Waals surface area contributed by atoms with Gasteiger partial charge in [0.05, 0.1) is 18.9 Å². The SMILES string of the molecule is CCOc1nnc(Cl)cc1N1CCOC(C2=NC=CC2)C1. The summed E-state index contributed by atoms with van der Waals surface area (Å²) < 4.78 is 11.4. The Bertz CT molecular complexity index is 576. The van der Waals surface area contributed by atoms with Crippen LogP contribution in [0.3, 0.4) is 0 Å². The van der Waals surface area contributed by atoms with Gasteiger partial charge in [0.1, 0.15) is 11.8 Å². The molecule has 1 atom stereocenters. The third kappa shape index (κ3) is 3.16. The highest BCUT2D eigenvalue weighted by molar-refractivity contribution is 6.29. The molecule has 0 aromatic carbocycles. The minimum absolute atomic E-state index is 0.00447. The Hall–Kier alpha value is -1.66. The molecular weight excluding hydrogens is 292 g/mol. The molecule has 7 heteroatoms. The van der Waals surface area contributed by atoms with Gasteiger partial charge >= 0.3 is 0 Å². The molecule has 1 aromatic heterocycles. The summed E-state index contributed by atoms with van der Waals surface area (Å²) in [5, 5.41) is 8.24. The summed E-state index contributed by atoms with van der Waals surface area (Å²) in [4.78, 5) is 6.53. The second-order valence-corrected chi connectivity index (χ2v) is 5.19. The highest BCUT2D eigenvalue weighted by Crippen LogP contribution is 2.29. The van der Waals surface area contributed by atoms with Gasteiger partial charge in [0.15, 0.2) is 5.15 Å². The summed E-state index contributed by atoms with van der Waals surface area (Å²) in [5.74, 6) is 0.508. The number of allylic oxidation sites excluding steroid dienone is 1. The molecule has 0 radical (unpaired) electrons. The van der Waals surface area contributed by atoms with Crippen LogP contribution in [-0.2, 0) is 4.74 Å². The summed E-state index contributed by atoms with van der Waals surface area (Å²) in [7, 11) is 0. The van der Waals surface area contributed by atoms with Gasteiger partial charge in [0.2, 0.25) is 0 Å². The summed E-state index contributed by atoms with van der Waals surface area (Å²) in [6.07, 6.45) is 4.71. The topological polar surface area (TPSA) is 59.8 Å². The lowest BCUT2D eigenvalue weighted by Crippen LogP contribution is -2.46. The van der Waals surface area contributed by atoms with E-state index in [1.165, 1.54) is 0 Å². The third-order valence-corrected chi connectivity index (χ3v) is 3.63. The van der Waals surface area contributed by atoms with Gasteiger partial charge in [0.25, 0.3) is 5.88 Å². The highest BCUT2D eigenvalue weighted by Gasteiger charge is 2.27. The van der Waals surface area contributed by atoms with E-state index in [0.29, 0.717) is 30.8 Å². The number of hydrogen-bond donors (Lipinski definition) is 0. The van der Waals surface area contributed by atoms with Crippen LogP contribution in [0.4, 0.5) is 5.69 Å². The Morgan fingerprint density at radius 3 is 3.14 bits per heavy atom. The largest absolute Gasteiger partial charge is 0.475 e. The molecule has 0 spiro atoms. The first-order valence-electron chi connectivity index (χ1n) is 7.02. The van der Waals surface area contributed by atoms with E-state index in [2.05, 4.69) is 20.1 Å². The van der Waals surface area contributed by atoms with E-state index in [1.54, 1.807) is 6.07 Å². The molecule has 2 aliphatic rings. The van der Waals surface area contributed by atoms with Crippen LogP contribution in [-0.4, -0.2) is 48.3 Å². The molecule has 112 valence electrons. The fraction of sp³-hybridized carbons (Fsp3) is 0.500. The number of ether oxygens (including phenoxy) is 2. The van der Waals surface area contributed by atoms with Crippen LogP contribution in [0, 0.1) is 0 Å². The van der Waals surface area contributed by atoms with E-state index in [-0.39, 0.29) is 6.10 Å². The predicted molar refractivity (Wildman–Crippen MR) is 81.4 cm³/mol. The minimum atomic E-state index is -0.00447. The van der Waals surface area contributed by atoms with E-state index in [1.807, 2.05) is 19.2 Å². The molecule has 21 heavy (non-hydrogen) atoms. The van der Waals surface area contributed by atoms with E-state index in [0.717, 1.165) is 24.4 Å². The molecular formula is C14H17ClN4O2. The zero-order valence-corrected chi connectivity index (χ0v) is 12.6. The summed E-state index contributed by atoms with van der Waals surface area (Å²) in [5.41, 5.74) is 1.92. The Kier molecular flexibility index (Phi) is 4.36. The van der Waals surface area contributed by atoms with Gasteiger partial charge in [-0.15, -0.1) is 10.2 Å². The quantitative estimate of drug-likeness (QED) is 0.852. The fourth-order valence-electron chi connectivity index (χ4n) is 2.47. The van der Waals surface area contributed by atoms with Crippen molar-refractivity contribution in [1.82, 2.24) is 10.2 Å². The molecule has 0 saturated carbocycles. The van der Waals surface area contributed by atoms with E-state index in [9.17, 15) is 0 Å². The van der Waals surface area contributed by atoms with Crippen molar-refractivity contribution in [2.45, 2.75) is 19.4 Å². The van der Waals surface area contributed by atoms with Crippen LogP contribution in [0.1, 0.15) is 13.3 Å². The first-order valence-corrected chi connectivity index (χ1v) is 7.40. The van der Waals surface area contributed by atoms with Crippen LogP contribution >= 0.6 is 11.6 Å². The summed E-state index contributed by atoms with van der Waals surface area (Å²) in [6.45, 7) is 4.56. The average molecular weight is 309 g/mol. The Morgan fingerprint density at radius 1 is 1.48 bits per heavy atom. The third-order valence-electron chi connectivity index (χ3n) is 3.44. The number of aliphatic imine (C=N–C) groups is 1. The van der Waals surface area contributed by atoms with Crippen molar-refractivity contribution in [1.29, 1.82) is 0 Å². The second kappa shape index (κ2) is 6.41. The van der Waals surface area contributed by atoms with E-state index >= 15 is 0 Å². The number of halogens is 1. The number of rotatable bonds is 4. The van der Waals surface area contributed by atoms with E-state index < -0.39 is 0 Å². The predicted octanol–water partition coefficient (Wildman–Crippen LogP) is 2.09. The first-order chi connectivity index (χ1) is 10.3. The molecule has 1 fully saturated rings. The van der Waals surface area contributed by atoms with Crippen molar-refractivity contribution < 1.29 is 9.47 Å². The number of nitrogens with zero attached hydrogens (tertiary/aromatic N) is 4. The zero-order valence-electron chi connectivity index (χ0n) is 11.8. The first kappa shape index (κ1) is 14.3. The normalized spacial score (nSPS) is 21.5. The second-order valence-electron chi connectivity index (χ2n) is 4.81. The zero-order chi connectivity index (χ0) is 14.7. The van der Waals surface area contributed by atoms with Crippen molar-refractivity contribution in [2.75, 3.05) is 31.2 Å². The fourth-order valence-corrected chi connectivity index (χ4v) is 2.61. The number of aromatic nitrogens is 2. The van der Waals surface area contributed by atoms with Crippen molar-refractivity contribution in [3.8, 4) is 5.88 Å². The maximum absolute atomic E-state index is 5.98. The maximum Gasteiger partial charge on any atom is 0.257 e. The van der Waals surface area contributed by atoms with Crippen LogP contribution in [0.15, 0.2) is 23.3 Å². The lowest BCUT2D eigenvalue weighted by atomic mass is 10.1. The van der Waals surface area contributed by atoms with Gasteiger partial charge in [0, 0.05) is 31.8 Å². The van der Waals surface area contributed by atoms with Crippen LogP contribution in [0.2, 0.25) is 5.15 Å². The molecule has 1 aromatic rings. The Morgan fingerprint density at radius 2 is 2.38 bits per heavy atom. The number of anilines is 1. The monoisotopic (exact) mass is 308 g/mol. The van der Waals surface area contributed by atoms with Crippen molar-refractivity contribution in [2.24, 2.45) is 4.99 Å². The number of hydrogen-bond acceptors (Lipinski definition) is 6. The maximum atomic E-state index is 5.98. The summed E-state index contributed by atoms with van der Waals surface area (Å²) in [6, 6.07) is 1.79. The van der Waals surface area contributed by atoms with Gasteiger partial charge in [-0.3, -0.25) is 4.99 Å². The smallest absolute Gasteiger partial charge is 0.257 e. The molecule has 0 amide bonds. The average Bonchev–Trinajstić information content (AvgIpc) is 3.04. The molecule has 1 saturated heterocycles. The van der Waals surface area contributed by atoms with Crippen LogP contribution < -0.4 is 9.64 Å². The van der Waals surface area contributed by atoms with Crippen LogP contribution in [0.25, 0.3) is 0 Å². The standard InChI is InChI=1S/C14H17ClN4O2/c1-2-20-14-11(8-13(15)17-18-14)19-6-7-21-12(9-19)10-4-3-5-16-10/h3,5,8,12H,2,4,6-7,9H2,1H3. The molecule has 0 N–H and O–H groups in total. The Balaban J connectivity index is 1.80. The van der Waals surface area contributed by atoms with Gasteiger partial charge < -0.3 is 14.4 Å². The van der Waals surface area contributed by atoms with Crippen molar-refractivity contribution >= 4 is 23.0 Å². The molecule has 0 aliphatic carbocycles. The van der Waals surface area contributed by atoms with Crippen LogP contribution in [0.5, 0.6) is 5.88 Å². The lowest BCUT2D eigenvalue weighted by Gasteiger charge is -2.34. The molecule has 1 unspecified atom stereocenters. The molecule has 2 aliphatic heterocycles. The number of morpholine rings is 1. The molecule has 0 bridgehead atoms. The van der Waals surface area contributed by atoms with Crippen molar-refractivity contribution in [3.05, 3.63) is 23.5 Å².